The van der Waals surface area contributed by atoms with Crippen molar-refractivity contribution in [3.05, 3.63) is 22.4 Å². The number of rotatable bonds is 4. The fraction of sp³-hybridized carbons (Fsp3) is 0.636. The lowest BCUT2D eigenvalue weighted by molar-refractivity contribution is 0.382. The molecule has 1 heterocycles. The Labute approximate surface area is 85.2 Å². The van der Waals surface area contributed by atoms with Crippen molar-refractivity contribution >= 4 is 11.3 Å². The van der Waals surface area contributed by atoms with E-state index in [0.29, 0.717) is 5.41 Å². The Kier molecular flexibility index (Phi) is 3.94. The van der Waals surface area contributed by atoms with Crippen LogP contribution in [0.2, 0.25) is 0 Å². The van der Waals surface area contributed by atoms with E-state index in [9.17, 15) is 0 Å². The van der Waals surface area contributed by atoms with Crippen molar-refractivity contribution in [3.63, 3.8) is 0 Å². The molecule has 0 fully saturated rings. The number of hydrogen-bond acceptors (Lipinski definition) is 2. The van der Waals surface area contributed by atoms with Gasteiger partial charge in [0, 0.05) is 6.54 Å². The van der Waals surface area contributed by atoms with Gasteiger partial charge in [0.25, 0.3) is 0 Å². The molecule has 0 spiro atoms. The summed E-state index contributed by atoms with van der Waals surface area (Å²) in [4.78, 5) is 0. The number of nitrogens with one attached hydrogen (secondary N) is 1. The van der Waals surface area contributed by atoms with Crippen LogP contribution in [-0.4, -0.2) is 13.1 Å². The van der Waals surface area contributed by atoms with E-state index in [-0.39, 0.29) is 0 Å². The molecule has 0 aliphatic rings. The van der Waals surface area contributed by atoms with E-state index in [4.69, 9.17) is 0 Å². The highest BCUT2D eigenvalue weighted by molar-refractivity contribution is 7.07. The molecule has 13 heavy (non-hydrogen) atoms. The van der Waals surface area contributed by atoms with E-state index in [1.165, 1.54) is 5.56 Å². The maximum Gasteiger partial charge on any atom is 0.000000410 e. The third-order valence-electron chi connectivity index (χ3n) is 1.83. The van der Waals surface area contributed by atoms with Crippen molar-refractivity contribution in [1.29, 1.82) is 0 Å². The Morgan fingerprint density at radius 3 is 2.69 bits per heavy atom. The van der Waals surface area contributed by atoms with Gasteiger partial charge >= 0.3 is 0 Å². The average Bonchev–Trinajstić information content (AvgIpc) is 2.48. The van der Waals surface area contributed by atoms with Gasteiger partial charge in [-0.05, 0) is 40.8 Å². The fourth-order valence-corrected chi connectivity index (χ4v) is 1.83. The molecule has 0 aromatic carbocycles. The zero-order chi connectivity index (χ0) is 9.73. The van der Waals surface area contributed by atoms with Crippen LogP contribution in [0, 0.1) is 5.41 Å². The largest absolute Gasteiger partial charge is 0.316 e. The van der Waals surface area contributed by atoms with Crippen LogP contribution < -0.4 is 5.32 Å². The van der Waals surface area contributed by atoms with Crippen molar-refractivity contribution < 1.29 is 0 Å². The summed E-state index contributed by atoms with van der Waals surface area (Å²) in [5.41, 5.74) is 1.85. The Hall–Kier alpha value is -0.340. The summed E-state index contributed by atoms with van der Waals surface area (Å²) in [5, 5.41) is 7.83. The predicted octanol–water partition coefficient (Wildman–Crippen LogP) is 2.93. The summed E-state index contributed by atoms with van der Waals surface area (Å²) in [5.74, 6) is 0. The topological polar surface area (TPSA) is 12.0 Å². The van der Waals surface area contributed by atoms with Gasteiger partial charge in [-0.2, -0.15) is 11.3 Å². The highest BCUT2D eigenvalue weighted by Crippen LogP contribution is 2.10. The maximum absolute atomic E-state index is 3.47. The highest BCUT2D eigenvalue weighted by Gasteiger charge is 2.08. The lowest BCUT2D eigenvalue weighted by Gasteiger charge is -2.18. The molecule has 74 valence electrons. The van der Waals surface area contributed by atoms with E-state index in [1.807, 2.05) is 0 Å². The standard InChI is InChI=1S/C11H19NS/c1-11(2,3)9-12-6-4-10-5-7-13-8-10/h5,7-8,12H,4,6,9H2,1-3H3. The molecule has 1 N–H and O–H groups in total. The van der Waals surface area contributed by atoms with E-state index >= 15 is 0 Å². The summed E-state index contributed by atoms with van der Waals surface area (Å²) in [7, 11) is 0. The van der Waals surface area contributed by atoms with Crippen LogP contribution in [0.5, 0.6) is 0 Å². The molecule has 0 atom stereocenters. The fourth-order valence-electron chi connectivity index (χ4n) is 1.13. The predicted molar refractivity (Wildman–Crippen MR) is 60.3 cm³/mol. The van der Waals surface area contributed by atoms with E-state index in [0.717, 1.165) is 19.5 Å². The van der Waals surface area contributed by atoms with Gasteiger partial charge < -0.3 is 5.32 Å². The third-order valence-corrected chi connectivity index (χ3v) is 2.56. The molecule has 0 aliphatic carbocycles. The molecule has 0 aliphatic heterocycles. The number of thiophene rings is 1. The summed E-state index contributed by atoms with van der Waals surface area (Å²) >= 11 is 1.78. The van der Waals surface area contributed by atoms with Crippen LogP contribution >= 0.6 is 11.3 Å². The molecule has 0 radical (unpaired) electrons. The number of hydrogen-bond donors (Lipinski definition) is 1. The molecule has 0 bridgehead atoms. The minimum Gasteiger partial charge on any atom is -0.316 e. The monoisotopic (exact) mass is 197 g/mol. The summed E-state index contributed by atoms with van der Waals surface area (Å²) in [6.07, 6.45) is 1.15. The van der Waals surface area contributed by atoms with Crippen LogP contribution in [0.4, 0.5) is 0 Å². The van der Waals surface area contributed by atoms with Crippen LogP contribution in [-0.2, 0) is 6.42 Å². The van der Waals surface area contributed by atoms with E-state index < -0.39 is 0 Å². The minimum absolute atomic E-state index is 0.397. The van der Waals surface area contributed by atoms with E-state index in [2.05, 4.69) is 42.9 Å². The summed E-state index contributed by atoms with van der Waals surface area (Å²) < 4.78 is 0. The Morgan fingerprint density at radius 2 is 2.15 bits per heavy atom. The first-order valence-corrected chi connectivity index (χ1v) is 5.74. The van der Waals surface area contributed by atoms with E-state index in [1.54, 1.807) is 11.3 Å². The van der Waals surface area contributed by atoms with Crippen LogP contribution in [0.25, 0.3) is 0 Å². The zero-order valence-corrected chi connectivity index (χ0v) is 9.58. The first-order valence-electron chi connectivity index (χ1n) is 4.80. The molecule has 0 amide bonds. The van der Waals surface area contributed by atoms with Gasteiger partial charge in [-0.15, -0.1) is 0 Å². The lowest BCUT2D eigenvalue weighted by Crippen LogP contribution is -2.28. The van der Waals surface area contributed by atoms with Crippen LogP contribution in [0.15, 0.2) is 16.8 Å². The quantitative estimate of drug-likeness (QED) is 0.732. The molecule has 1 nitrogen and oxygen atoms in total. The highest BCUT2D eigenvalue weighted by atomic mass is 32.1. The SMILES string of the molecule is CC(C)(C)CNCCc1ccsc1. The molecular weight excluding hydrogens is 178 g/mol. The molecule has 1 rings (SSSR count). The average molecular weight is 197 g/mol. The van der Waals surface area contributed by atoms with Crippen molar-refractivity contribution in [2.24, 2.45) is 5.41 Å². The second-order valence-electron chi connectivity index (χ2n) is 4.62. The smallest absolute Gasteiger partial charge is 0.000000410 e. The summed E-state index contributed by atoms with van der Waals surface area (Å²) in [6.45, 7) is 8.95. The van der Waals surface area contributed by atoms with Gasteiger partial charge in [0.15, 0.2) is 0 Å². The Balaban J connectivity index is 2.09. The van der Waals surface area contributed by atoms with Crippen molar-refractivity contribution in [2.75, 3.05) is 13.1 Å². The molecule has 0 saturated carbocycles. The normalized spacial score (nSPS) is 11.9. The third kappa shape index (κ3) is 5.06. The van der Waals surface area contributed by atoms with Gasteiger partial charge in [0.2, 0.25) is 0 Å². The van der Waals surface area contributed by atoms with Crippen molar-refractivity contribution in [1.82, 2.24) is 5.32 Å². The zero-order valence-electron chi connectivity index (χ0n) is 8.76. The molecule has 1 aromatic rings. The minimum atomic E-state index is 0.397. The Morgan fingerprint density at radius 1 is 1.38 bits per heavy atom. The molecule has 0 unspecified atom stereocenters. The molecule has 0 saturated heterocycles. The van der Waals surface area contributed by atoms with Crippen molar-refractivity contribution in [3.8, 4) is 0 Å². The van der Waals surface area contributed by atoms with Crippen LogP contribution in [0.3, 0.4) is 0 Å². The molecule has 2 heteroatoms. The lowest BCUT2D eigenvalue weighted by atomic mass is 9.97. The van der Waals surface area contributed by atoms with Crippen LogP contribution in [0.1, 0.15) is 26.3 Å². The second kappa shape index (κ2) is 4.77. The van der Waals surface area contributed by atoms with Crippen molar-refractivity contribution in [2.45, 2.75) is 27.2 Å². The summed E-state index contributed by atoms with van der Waals surface area (Å²) in [6, 6.07) is 2.20. The first-order chi connectivity index (χ1) is 6.08. The first kappa shape index (κ1) is 10.7. The van der Waals surface area contributed by atoms with Gasteiger partial charge in [0.05, 0.1) is 0 Å². The molecular formula is C11H19NS. The van der Waals surface area contributed by atoms with Gasteiger partial charge in [-0.25, -0.2) is 0 Å². The maximum atomic E-state index is 3.47. The Bertz CT molecular complexity index is 221. The second-order valence-corrected chi connectivity index (χ2v) is 5.40. The molecule has 1 aromatic heterocycles. The van der Waals surface area contributed by atoms with Gasteiger partial charge in [-0.1, -0.05) is 20.8 Å². The van der Waals surface area contributed by atoms with Gasteiger partial charge in [-0.3, -0.25) is 0 Å². The van der Waals surface area contributed by atoms with Gasteiger partial charge in [0.1, 0.15) is 0 Å².